The van der Waals surface area contributed by atoms with Crippen LogP contribution in [-0.2, 0) is 54.4 Å². The minimum Gasteiger partial charge on any atom is -0.481 e. The van der Waals surface area contributed by atoms with Crippen molar-refractivity contribution in [2.24, 2.45) is 11.8 Å². The molecule has 64 heavy (non-hydrogen) atoms. The van der Waals surface area contributed by atoms with E-state index in [0.29, 0.717) is 6.42 Å². The van der Waals surface area contributed by atoms with E-state index in [9.17, 15) is 53.4 Å². The third-order valence-corrected chi connectivity index (χ3v) is 10.1. The number of hydrazine groups is 1. The number of carboxylic acid groups (broad SMARTS) is 2. The maximum atomic E-state index is 14.6. The number of carbonyl (C=O) groups excluding carboxylic acids is 7. The van der Waals surface area contributed by atoms with E-state index in [0.717, 1.165) is 17.5 Å². The highest BCUT2D eigenvalue weighted by Crippen LogP contribution is 2.25. The second-order valence-electron chi connectivity index (χ2n) is 15.7. The molecule has 0 saturated carbocycles. The Kier molecular flexibility index (Phi) is 20.0. The fourth-order valence-electron chi connectivity index (χ4n) is 6.57. The van der Waals surface area contributed by atoms with E-state index in [1.807, 2.05) is 30.3 Å². The van der Waals surface area contributed by atoms with E-state index in [2.05, 4.69) is 47.3 Å². The number of likely N-dealkylation sites (tertiary alicyclic amines) is 1. The molecule has 0 spiro atoms. The van der Waals surface area contributed by atoms with Gasteiger partial charge in [0, 0.05) is 32.4 Å². The zero-order valence-corrected chi connectivity index (χ0v) is 36.9. The van der Waals surface area contributed by atoms with Gasteiger partial charge < -0.3 is 45.9 Å². The second kappa shape index (κ2) is 24.8. The Balaban J connectivity index is 1.88. The third kappa shape index (κ3) is 15.6. The molecule has 7 amide bonds. The van der Waals surface area contributed by atoms with E-state index in [4.69, 9.17) is 9.47 Å². The van der Waals surface area contributed by atoms with E-state index in [1.165, 1.54) is 4.90 Å². The zero-order chi connectivity index (χ0) is 47.7. The van der Waals surface area contributed by atoms with E-state index >= 15 is 0 Å². The first-order valence-corrected chi connectivity index (χ1v) is 20.9. The first kappa shape index (κ1) is 51.6. The molecule has 8 N–H and O–H groups in total. The fraction of sp³-hybridized carbons (Fsp3) is 0.600. The van der Waals surface area contributed by atoms with Gasteiger partial charge in [0.25, 0.3) is 11.8 Å². The highest BCUT2D eigenvalue weighted by Gasteiger charge is 2.45. The molecule has 1 aromatic carbocycles. The van der Waals surface area contributed by atoms with Crippen LogP contribution in [0.2, 0.25) is 0 Å². The Labute approximate surface area is 369 Å². The average Bonchev–Trinajstić information content (AvgIpc) is 3.94. The van der Waals surface area contributed by atoms with E-state index in [-0.39, 0.29) is 38.4 Å². The summed E-state index contributed by atoms with van der Waals surface area (Å²) in [5, 5.41) is 43.0. The summed E-state index contributed by atoms with van der Waals surface area (Å²) in [6, 6.07) is 1.72. The van der Waals surface area contributed by atoms with Crippen LogP contribution in [0, 0.1) is 11.8 Å². The number of amides is 7. The number of esters is 1. The first-order valence-electron chi connectivity index (χ1n) is 20.9. The molecule has 2 aromatic rings. The molecule has 0 unspecified atom stereocenters. The number of benzene rings is 1. The molecule has 8 atom stereocenters. The van der Waals surface area contributed by atoms with Gasteiger partial charge in [0.05, 0.1) is 31.6 Å². The van der Waals surface area contributed by atoms with Crippen LogP contribution in [0.1, 0.15) is 98.0 Å². The predicted octanol–water partition coefficient (Wildman–Crippen LogP) is -0.0626. The summed E-state index contributed by atoms with van der Waals surface area (Å²) in [6.07, 6.45) is -3.52. The van der Waals surface area contributed by atoms with Crippen molar-refractivity contribution in [1.29, 1.82) is 0 Å². The van der Waals surface area contributed by atoms with Crippen molar-refractivity contribution in [2.45, 2.75) is 130 Å². The van der Waals surface area contributed by atoms with Crippen LogP contribution in [-0.4, -0.2) is 144 Å². The molecule has 352 valence electrons. The average molecular weight is 902 g/mol. The van der Waals surface area contributed by atoms with Gasteiger partial charge >= 0.3 is 23.9 Å². The number of aliphatic carboxylic acids is 2. The van der Waals surface area contributed by atoms with Crippen LogP contribution in [0.25, 0.3) is 0 Å². The lowest BCUT2D eigenvalue weighted by Crippen LogP contribution is -2.60. The van der Waals surface area contributed by atoms with Gasteiger partial charge in [-0.15, -0.1) is 10.2 Å². The quantitative estimate of drug-likeness (QED) is 0.0535. The Morgan fingerprint density at radius 3 is 2.11 bits per heavy atom. The number of H-pyrrole nitrogens is 1. The third-order valence-electron chi connectivity index (χ3n) is 10.1. The molecule has 24 nitrogen and oxygen atoms in total. The van der Waals surface area contributed by atoms with Crippen molar-refractivity contribution in [1.82, 2.24) is 57.2 Å². The number of aromatic nitrogens is 4. The van der Waals surface area contributed by atoms with Crippen LogP contribution in [0.4, 0.5) is 4.79 Å². The van der Waals surface area contributed by atoms with Crippen molar-refractivity contribution in [2.75, 3.05) is 13.1 Å². The van der Waals surface area contributed by atoms with Crippen molar-refractivity contribution in [3.63, 3.8) is 0 Å². The molecule has 1 fully saturated rings. The topological polar surface area (TPSA) is 334 Å². The highest BCUT2D eigenvalue weighted by atomic mass is 16.6. The number of tetrazole rings is 1. The molecule has 1 aliphatic rings. The highest BCUT2D eigenvalue weighted by molar-refractivity contribution is 5.96. The molecular formula is C40H59N11O13. The maximum absolute atomic E-state index is 14.6. The standard InChI is InChI=1S/C40H59N11O13/c1-8-15-51(40(62)41-23(6)34-45-48-49-46-34)47-36(58)29-16-26(63-20-25-13-11-10-12-14-25)19-50(29)38(60)32(21(3)4)44-37(59)33(22(5)9-2)64-39(61)28(18-31(55)56)43-35(57)27(17-30(53)54)42-24(7)52/h10-14,21-23,26-29,32-33H,8-9,15-20H2,1-7H3,(H,41,62)(H,42,52)(H,43,57)(H,44,59)(H,47,58)(H,53,54)(H,55,56)(H,45,46,48,49)/t22-,23+,26-,27+,28-,29-,32+,33+/m1/s1. The molecule has 1 saturated heterocycles. The molecule has 3 rings (SSSR count). The number of carboxylic acids is 2. The number of carbonyl (C=O) groups is 9. The van der Waals surface area contributed by atoms with Crippen molar-refractivity contribution < 1.29 is 62.8 Å². The number of nitrogens with zero attached hydrogens (tertiary/aromatic N) is 5. The van der Waals surface area contributed by atoms with Crippen LogP contribution >= 0.6 is 0 Å². The number of urea groups is 1. The van der Waals surface area contributed by atoms with Gasteiger partial charge in [-0.1, -0.05) is 70.2 Å². The smallest absolute Gasteiger partial charge is 0.336 e. The maximum Gasteiger partial charge on any atom is 0.336 e. The lowest BCUT2D eigenvalue weighted by Gasteiger charge is -2.33. The summed E-state index contributed by atoms with van der Waals surface area (Å²) in [4.78, 5) is 119. The molecular weight excluding hydrogens is 843 g/mol. The Hall–Kier alpha value is -6.72. The van der Waals surface area contributed by atoms with Crippen LogP contribution < -0.4 is 26.7 Å². The second-order valence-corrected chi connectivity index (χ2v) is 15.7. The SMILES string of the molecule is CCCN(NC(=O)[C@H]1C[C@@H](OCc2ccccc2)CN1C(=O)[C@@H](NC(=O)[C@@H](OC(=O)[C@@H](CC(=O)O)NC(=O)[C@H](CC(=O)O)NC(C)=O)[C@H](C)CC)C(C)C)C(=O)N[C@@H](C)c1nn[nH]n1. The van der Waals surface area contributed by atoms with Crippen LogP contribution in [0.15, 0.2) is 30.3 Å². The summed E-state index contributed by atoms with van der Waals surface area (Å²) in [5.74, 6) is -9.86. The van der Waals surface area contributed by atoms with Gasteiger partial charge in [-0.2, -0.15) is 5.21 Å². The molecule has 0 radical (unpaired) electrons. The summed E-state index contributed by atoms with van der Waals surface area (Å²) < 4.78 is 11.7. The zero-order valence-electron chi connectivity index (χ0n) is 36.9. The van der Waals surface area contributed by atoms with Gasteiger partial charge in [0.15, 0.2) is 11.9 Å². The van der Waals surface area contributed by atoms with E-state index < -0.39 is 121 Å². The number of hydrogen-bond donors (Lipinski definition) is 8. The Morgan fingerprint density at radius 2 is 1.55 bits per heavy atom. The number of ether oxygens (including phenoxy) is 2. The summed E-state index contributed by atoms with van der Waals surface area (Å²) in [5.41, 5.74) is 3.46. The van der Waals surface area contributed by atoms with Gasteiger partial charge in [0.1, 0.15) is 24.2 Å². The number of rotatable bonds is 23. The normalized spacial score (nSPS) is 17.4. The number of hydrogen-bond acceptors (Lipinski definition) is 14. The van der Waals surface area contributed by atoms with E-state index in [1.54, 1.807) is 41.5 Å². The Morgan fingerprint density at radius 1 is 0.891 bits per heavy atom. The first-order chi connectivity index (χ1) is 30.2. The molecule has 24 heteroatoms. The molecule has 0 aliphatic carbocycles. The van der Waals surface area contributed by atoms with Gasteiger partial charge in [0.2, 0.25) is 17.7 Å². The number of aromatic amines is 1. The minimum atomic E-state index is -1.93. The van der Waals surface area contributed by atoms with Crippen molar-refractivity contribution >= 4 is 53.5 Å². The molecule has 1 aromatic heterocycles. The Bertz CT molecular complexity index is 1920. The summed E-state index contributed by atoms with van der Waals surface area (Å²) in [6.45, 7) is 11.1. The lowest BCUT2D eigenvalue weighted by molar-refractivity contribution is -0.164. The fourth-order valence-corrected chi connectivity index (χ4v) is 6.57. The number of nitrogens with one attached hydrogen (secondary N) is 6. The van der Waals surface area contributed by atoms with Crippen LogP contribution in [0.5, 0.6) is 0 Å². The van der Waals surface area contributed by atoms with Gasteiger partial charge in [-0.3, -0.25) is 39.0 Å². The summed E-state index contributed by atoms with van der Waals surface area (Å²) in [7, 11) is 0. The predicted molar refractivity (Wildman–Crippen MR) is 222 cm³/mol. The molecule has 1 aliphatic heterocycles. The monoisotopic (exact) mass is 901 g/mol. The summed E-state index contributed by atoms with van der Waals surface area (Å²) >= 11 is 0. The lowest BCUT2D eigenvalue weighted by atomic mass is 9.98. The van der Waals surface area contributed by atoms with Crippen molar-refractivity contribution in [3.05, 3.63) is 41.7 Å². The van der Waals surface area contributed by atoms with Crippen molar-refractivity contribution in [3.8, 4) is 0 Å². The van der Waals surface area contributed by atoms with Gasteiger partial charge in [-0.25, -0.2) is 14.6 Å². The molecule has 0 bridgehead atoms. The largest absolute Gasteiger partial charge is 0.481 e. The molecule has 2 heterocycles. The minimum absolute atomic E-state index is 0.0169. The van der Waals surface area contributed by atoms with Crippen LogP contribution in [0.3, 0.4) is 0 Å². The van der Waals surface area contributed by atoms with Gasteiger partial charge in [-0.05, 0) is 31.2 Å².